The predicted octanol–water partition coefficient (Wildman–Crippen LogP) is 2.30. The summed E-state index contributed by atoms with van der Waals surface area (Å²) in [4.78, 5) is 52.1. The van der Waals surface area contributed by atoms with Crippen molar-refractivity contribution >= 4 is 38.5 Å². The molecule has 28 heavy (non-hydrogen) atoms. The summed E-state index contributed by atoms with van der Waals surface area (Å²) in [6.07, 6.45) is 4.70. The molecule has 0 saturated carbocycles. The third kappa shape index (κ3) is 3.01. The first kappa shape index (κ1) is 18.1. The highest BCUT2D eigenvalue weighted by Crippen LogP contribution is 2.29. The average Bonchev–Trinajstić information content (AvgIpc) is 2.69. The first-order valence-electron chi connectivity index (χ1n) is 8.49. The molecular formula is C20H14BrN3O4. The Kier molecular flexibility index (Phi) is 4.56. The van der Waals surface area contributed by atoms with E-state index >= 15 is 0 Å². The highest BCUT2D eigenvalue weighted by molar-refractivity contribution is 9.10. The molecule has 0 bridgehead atoms. The fraction of sp³-hybridized carbons (Fsp3) is 0.100. The van der Waals surface area contributed by atoms with Crippen LogP contribution in [0.4, 0.5) is 0 Å². The number of carbonyl (C=O) groups is 2. The van der Waals surface area contributed by atoms with Gasteiger partial charge in [0.2, 0.25) is 0 Å². The molecule has 1 aromatic heterocycles. The zero-order valence-electron chi connectivity index (χ0n) is 14.5. The molecule has 140 valence electrons. The van der Waals surface area contributed by atoms with Crippen LogP contribution in [0, 0.1) is 0 Å². The Bertz CT molecular complexity index is 1220. The normalized spacial score (nSPS) is 13.7. The van der Waals surface area contributed by atoms with E-state index in [2.05, 4.69) is 20.9 Å². The van der Waals surface area contributed by atoms with Crippen LogP contribution in [0.5, 0.6) is 0 Å². The Labute approximate surface area is 167 Å². The van der Waals surface area contributed by atoms with Gasteiger partial charge >= 0.3 is 5.69 Å². The first-order chi connectivity index (χ1) is 13.5. The number of imide groups is 1. The third-order valence-electron chi connectivity index (χ3n) is 4.58. The maximum atomic E-state index is 12.8. The maximum absolute atomic E-state index is 12.8. The van der Waals surface area contributed by atoms with Crippen molar-refractivity contribution in [2.75, 3.05) is 6.54 Å². The topological polar surface area (TPSA) is 92.2 Å². The van der Waals surface area contributed by atoms with E-state index in [1.807, 2.05) is 12.1 Å². The van der Waals surface area contributed by atoms with Crippen molar-refractivity contribution < 1.29 is 9.59 Å². The van der Waals surface area contributed by atoms with Crippen LogP contribution in [0.1, 0.15) is 20.7 Å². The van der Waals surface area contributed by atoms with Gasteiger partial charge in [0.25, 0.3) is 17.4 Å². The average molecular weight is 440 g/mol. The maximum Gasteiger partial charge on any atom is 0.328 e. The van der Waals surface area contributed by atoms with Crippen LogP contribution in [-0.2, 0) is 6.54 Å². The molecule has 0 saturated heterocycles. The Balaban J connectivity index is 1.56. The Morgan fingerprint density at radius 2 is 1.50 bits per heavy atom. The van der Waals surface area contributed by atoms with Gasteiger partial charge in [-0.2, -0.15) is 0 Å². The van der Waals surface area contributed by atoms with Crippen LogP contribution in [0.2, 0.25) is 0 Å². The van der Waals surface area contributed by atoms with E-state index in [1.165, 1.54) is 15.7 Å². The molecule has 1 N–H and O–H groups in total. The van der Waals surface area contributed by atoms with Crippen molar-refractivity contribution in [3.63, 3.8) is 0 Å². The van der Waals surface area contributed by atoms with E-state index in [0.717, 1.165) is 5.39 Å². The summed E-state index contributed by atoms with van der Waals surface area (Å²) in [5.41, 5.74) is -0.0325. The fourth-order valence-electron chi connectivity index (χ4n) is 3.23. The predicted molar refractivity (Wildman–Crippen MR) is 107 cm³/mol. The summed E-state index contributed by atoms with van der Waals surface area (Å²) in [6, 6.07) is 10.8. The highest BCUT2D eigenvalue weighted by atomic mass is 79.9. The second-order valence-corrected chi connectivity index (χ2v) is 7.14. The van der Waals surface area contributed by atoms with Gasteiger partial charge in [-0.25, -0.2) is 4.79 Å². The van der Waals surface area contributed by atoms with Crippen molar-refractivity contribution in [2.24, 2.45) is 0 Å². The molecule has 4 rings (SSSR count). The van der Waals surface area contributed by atoms with Gasteiger partial charge in [0.1, 0.15) is 0 Å². The van der Waals surface area contributed by atoms with Crippen LogP contribution in [0.15, 0.2) is 68.8 Å². The molecule has 0 unspecified atom stereocenters. The van der Waals surface area contributed by atoms with E-state index in [4.69, 9.17) is 0 Å². The number of allylic oxidation sites excluding steroid dienone is 1. The van der Waals surface area contributed by atoms with Crippen LogP contribution < -0.4 is 11.2 Å². The summed E-state index contributed by atoms with van der Waals surface area (Å²) in [7, 11) is 0. The molecule has 7 nitrogen and oxygen atoms in total. The lowest BCUT2D eigenvalue weighted by atomic mass is 9.94. The van der Waals surface area contributed by atoms with Crippen LogP contribution >= 0.6 is 15.9 Å². The molecule has 3 aromatic rings. The van der Waals surface area contributed by atoms with E-state index < -0.39 is 11.2 Å². The van der Waals surface area contributed by atoms with E-state index in [-0.39, 0.29) is 29.4 Å². The number of hydrogen-bond donors (Lipinski definition) is 1. The number of nitrogens with one attached hydrogen (secondary N) is 1. The van der Waals surface area contributed by atoms with Crippen LogP contribution in [0.3, 0.4) is 0 Å². The highest BCUT2D eigenvalue weighted by Gasteiger charge is 2.31. The number of aromatic amines is 1. The zero-order chi connectivity index (χ0) is 19.8. The first-order valence-corrected chi connectivity index (χ1v) is 9.29. The number of benzene rings is 2. The number of carbonyl (C=O) groups excluding carboxylic acids is 2. The van der Waals surface area contributed by atoms with Crippen molar-refractivity contribution in [3.05, 3.63) is 91.2 Å². The number of rotatable bonds is 4. The Morgan fingerprint density at radius 3 is 2.14 bits per heavy atom. The molecule has 2 aromatic carbocycles. The molecule has 2 amide bonds. The summed E-state index contributed by atoms with van der Waals surface area (Å²) in [5, 5.41) is 1.54. The van der Waals surface area contributed by atoms with Crippen molar-refractivity contribution in [1.29, 1.82) is 0 Å². The largest absolute Gasteiger partial charge is 0.328 e. The number of halogens is 1. The van der Waals surface area contributed by atoms with Gasteiger partial charge in [-0.15, -0.1) is 0 Å². The third-order valence-corrected chi connectivity index (χ3v) is 5.14. The molecule has 8 heteroatoms. The minimum absolute atomic E-state index is 0.0850. The monoisotopic (exact) mass is 439 g/mol. The summed E-state index contributed by atoms with van der Waals surface area (Å²) in [6.45, 7) is 0.276. The summed E-state index contributed by atoms with van der Waals surface area (Å²) >= 11 is 3.07. The minimum Gasteiger partial charge on any atom is -0.296 e. The van der Waals surface area contributed by atoms with E-state index in [1.54, 1.807) is 36.4 Å². The van der Waals surface area contributed by atoms with Gasteiger partial charge in [-0.1, -0.05) is 36.4 Å². The second kappa shape index (κ2) is 7.05. The van der Waals surface area contributed by atoms with E-state index in [9.17, 15) is 19.2 Å². The number of nitrogens with zero attached hydrogens (tertiary/aromatic N) is 2. The summed E-state index contributed by atoms with van der Waals surface area (Å²) in [5.74, 6) is -0.689. The quantitative estimate of drug-likeness (QED) is 0.498. The Hall–Kier alpha value is -3.26. The van der Waals surface area contributed by atoms with Gasteiger partial charge in [-0.3, -0.25) is 28.8 Å². The summed E-state index contributed by atoms with van der Waals surface area (Å²) < 4.78 is 1.55. The van der Waals surface area contributed by atoms with Crippen LogP contribution in [-0.4, -0.2) is 32.8 Å². The lowest BCUT2D eigenvalue weighted by Gasteiger charge is -2.26. The van der Waals surface area contributed by atoms with Gasteiger partial charge in [0.05, 0.1) is 4.47 Å². The molecule has 1 aliphatic heterocycles. The number of amides is 2. The number of aromatic nitrogens is 2. The molecule has 0 aliphatic carbocycles. The van der Waals surface area contributed by atoms with Crippen molar-refractivity contribution in [1.82, 2.24) is 14.5 Å². The molecule has 1 aliphatic rings. The molecule has 0 fully saturated rings. The van der Waals surface area contributed by atoms with E-state index in [0.29, 0.717) is 16.5 Å². The van der Waals surface area contributed by atoms with Gasteiger partial charge < -0.3 is 0 Å². The van der Waals surface area contributed by atoms with Gasteiger partial charge in [0, 0.05) is 35.8 Å². The van der Waals surface area contributed by atoms with Gasteiger partial charge in [-0.05, 0) is 33.4 Å². The SMILES string of the molecule is O=C1c2cccc3cccc(c23)C(=O)N1C/C=C\Cn1cc(Br)c(=O)[nH]c1=O. The number of H-pyrrole nitrogens is 1. The lowest BCUT2D eigenvalue weighted by molar-refractivity contribution is 0.0629. The minimum atomic E-state index is -0.538. The second-order valence-electron chi connectivity index (χ2n) is 6.29. The molecule has 0 atom stereocenters. The zero-order valence-corrected chi connectivity index (χ0v) is 16.1. The van der Waals surface area contributed by atoms with Crippen LogP contribution in [0.25, 0.3) is 10.8 Å². The standard InChI is InChI=1S/C20H14BrN3O4/c21-15-11-23(20(28)22-17(15)25)9-1-2-10-24-18(26)13-7-3-5-12-6-4-8-14(16(12)13)19(24)27/h1-8,11H,9-10H2,(H,22,25,28)/b2-1-. The molecule has 0 spiro atoms. The van der Waals surface area contributed by atoms with Crippen molar-refractivity contribution in [3.8, 4) is 0 Å². The molecular weight excluding hydrogens is 426 g/mol. The number of hydrogen-bond acceptors (Lipinski definition) is 4. The molecule has 0 radical (unpaired) electrons. The van der Waals surface area contributed by atoms with Gasteiger partial charge in [0.15, 0.2) is 0 Å². The Morgan fingerprint density at radius 1 is 0.893 bits per heavy atom. The molecule has 2 heterocycles. The lowest BCUT2D eigenvalue weighted by Crippen LogP contribution is -2.40. The fourth-order valence-corrected chi connectivity index (χ4v) is 3.58. The smallest absolute Gasteiger partial charge is 0.296 e. The van der Waals surface area contributed by atoms with Crippen molar-refractivity contribution in [2.45, 2.75) is 6.54 Å².